The van der Waals surface area contributed by atoms with Crippen LogP contribution in [0.2, 0.25) is 0 Å². The molecule has 0 amide bonds. The molecular weight excluding hydrogens is 562 g/mol. The molecule has 0 fully saturated rings. The summed E-state index contributed by atoms with van der Waals surface area (Å²) in [5.74, 6) is 0.353. The van der Waals surface area contributed by atoms with E-state index in [2.05, 4.69) is 30.9 Å². The molecule has 1 atom stereocenters. The third-order valence-electron chi connectivity index (χ3n) is 7.42. The molecule has 1 aliphatic rings. The standard InChI is InChI=1S/C34H35N3O5S/c1-6-36(7-2)24-19-17-22(18-20-24)21-27-32(38)37-30(25-15-12-16-26(40-4)31(25)41-5)28(33(39)42-8-3)29(35-34(37)43-27)23-13-10-9-11-14-23/h9-21,30H,6-8H2,1-5H3. The van der Waals surface area contributed by atoms with E-state index in [0.717, 1.165) is 29.9 Å². The Morgan fingerprint density at radius 3 is 2.30 bits per heavy atom. The number of carbonyl (C=O) groups excluding carboxylic acids is 1. The lowest BCUT2D eigenvalue weighted by molar-refractivity contribution is -0.138. The molecule has 0 bridgehead atoms. The fourth-order valence-corrected chi connectivity index (χ4v) is 6.38. The van der Waals surface area contributed by atoms with Gasteiger partial charge < -0.3 is 19.1 Å². The Morgan fingerprint density at radius 2 is 1.67 bits per heavy atom. The second-order valence-electron chi connectivity index (χ2n) is 9.78. The zero-order valence-electron chi connectivity index (χ0n) is 25.0. The number of hydrogen-bond acceptors (Lipinski definition) is 8. The number of methoxy groups -OCH3 is 2. The van der Waals surface area contributed by atoms with Gasteiger partial charge in [-0.25, -0.2) is 9.79 Å². The Bertz CT molecular complexity index is 1820. The van der Waals surface area contributed by atoms with E-state index < -0.39 is 12.0 Å². The van der Waals surface area contributed by atoms with Crippen molar-refractivity contribution in [2.45, 2.75) is 26.8 Å². The van der Waals surface area contributed by atoms with E-state index in [1.54, 1.807) is 31.8 Å². The molecule has 2 heterocycles. The first-order valence-electron chi connectivity index (χ1n) is 14.3. The van der Waals surface area contributed by atoms with Gasteiger partial charge in [0.2, 0.25) is 0 Å². The summed E-state index contributed by atoms with van der Waals surface area (Å²) in [6.45, 7) is 7.99. The van der Waals surface area contributed by atoms with Crippen molar-refractivity contribution in [3.05, 3.63) is 115 Å². The molecule has 9 heteroatoms. The van der Waals surface area contributed by atoms with Crippen molar-refractivity contribution in [2.75, 3.05) is 38.8 Å². The summed E-state index contributed by atoms with van der Waals surface area (Å²) >= 11 is 1.28. The third kappa shape index (κ3) is 5.72. The fourth-order valence-electron chi connectivity index (χ4n) is 5.38. The van der Waals surface area contributed by atoms with Gasteiger partial charge in [0.15, 0.2) is 16.3 Å². The molecule has 0 saturated heterocycles. The number of nitrogens with zero attached hydrogens (tertiary/aromatic N) is 3. The lowest BCUT2D eigenvalue weighted by atomic mass is 9.92. The van der Waals surface area contributed by atoms with Gasteiger partial charge in [0.1, 0.15) is 6.04 Å². The van der Waals surface area contributed by atoms with Crippen molar-refractivity contribution >= 4 is 34.8 Å². The van der Waals surface area contributed by atoms with E-state index in [9.17, 15) is 9.59 Å². The van der Waals surface area contributed by atoms with Gasteiger partial charge in [0.05, 0.1) is 36.6 Å². The predicted molar refractivity (Wildman–Crippen MR) is 171 cm³/mol. The molecule has 4 aromatic rings. The van der Waals surface area contributed by atoms with E-state index >= 15 is 0 Å². The van der Waals surface area contributed by atoms with Crippen LogP contribution < -0.4 is 29.3 Å². The Kier molecular flexibility index (Phi) is 9.11. The largest absolute Gasteiger partial charge is 0.493 e. The summed E-state index contributed by atoms with van der Waals surface area (Å²) < 4.78 is 19.0. The van der Waals surface area contributed by atoms with Crippen molar-refractivity contribution < 1.29 is 19.0 Å². The number of esters is 1. The van der Waals surface area contributed by atoms with Crippen LogP contribution in [0.1, 0.15) is 43.5 Å². The summed E-state index contributed by atoms with van der Waals surface area (Å²) in [4.78, 5) is 35.6. The van der Waals surface area contributed by atoms with Gasteiger partial charge in [-0.3, -0.25) is 9.36 Å². The first kappa shape index (κ1) is 29.8. The van der Waals surface area contributed by atoms with Gasteiger partial charge in [0, 0.05) is 29.9 Å². The number of anilines is 1. The average molecular weight is 598 g/mol. The molecule has 3 aromatic carbocycles. The zero-order chi connectivity index (χ0) is 30.5. The lowest BCUT2D eigenvalue weighted by Gasteiger charge is -2.27. The van der Waals surface area contributed by atoms with Crippen LogP contribution in [0.25, 0.3) is 11.8 Å². The molecule has 8 nitrogen and oxygen atoms in total. The number of thiazole rings is 1. The van der Waals surface area contributed by atoms with Gasteiger partial charge in [-0.1, -0.05) is 65.9 Å². The van der Waals surface area contributed by atoms with Crippen LogP contribution >= 0.6 is 11.3 Å². The minimum absolute atomic E-state index is 0.167. The van der Waals surface area contributed by atoms with Crippen LogP contribution in [-0.4, -0.2) is 44.5 Å². The molecule has 5 rings (SSSR count). The number of fused-ring (bicyclic) bond motifs is 1. The number of carbonyl (C=O) groups is 1. The molecule has 0 spiro atoms. The monoisotopic (exact) mass is 597 g/mol. The molecular formula is C34H35N3O5S. The molecule has 0 radical (unpaired) electrons. The Hall–Kier alpha value is -4.63. The van der Waals surface area contributed by atoms with Crippen LogP contribution in [-0.2, 0) is 9.53 Å². The van der Waals surface area contributed by atoms with E-state index in [1.165, 1.54) is 11.3 Å². The number of ether oxygens (including phenoxy) is 3. The van der Waals surface area contributed by atoms with E-state index in [-0.39, 0.29) is 17.7 Å². The average Bonchev–Trinajstić information content (AvgIpc) is 3.35. The smallest absolute Gasteiger partial charge is 0.338 e. The predicted octanol–water partition coefficient (Wildman–Crippen LogP) is 4.80. The fraction of sp³-hybridized carbons (Fsp3) is 0.265. The van der Waals surface area contributed by atoms with Crippen LogP contribution in [0, 0.1) is 0 Å². The quantitative estimate of drug-likeness (QED) is 0.245. The highest BCUT2D eigenvalue weighted by Crippen LogP contribution is 2.42. The van der Waals surface area contributed by atoms with Crippen molar-refractivity contribution in [2.24, 2.45) is 4.99 Å². The third-order valence-corrected chi connectivity index (χ3v) is 8.40. The number of benzene rings is 3. The maximum absolute atomic E-state index is 14.2. The second-order valence-corrected chi connectivity index (χ2v) is 10.8. The summed E-state index contributed by atoms with van der Waals surface area (Å²) in [5, 5.41) is 0. The van der Waals surface area contributed by atoms with Crippen molar-refractivity contribution in [1.29, 1.82) is 0 Å². The van der Waals surface area contributed by atoms with Gasteiger partial charge in [-0.05, 0) is 50.6 Å². The highest BCUT2D eigenvalue weighted by molar-refractivity contribution is 7.07. The molecule has 1 unspecified atom stereocenters. The number of aromatic nitrogens is 1. The van der Waals surface area contributed by atoms with Crippen LogP contribution in [0.3, 0.4) is 0 Å². The molecule has 1 aliphatic heterocycles. The summed E-state index contributed by atoms with van der Waals surface area (Å²) in [6, 6.07) is 22.2. The second kappa shape index (κ2) is 13.1. The highest BCUT2D eigenvalue weighted by atomic mass is 32.1. The summed E-state index contributed by atoms with van der Waals surface area (Å²) in [5.41, 5.74) is 3.78. The van der Waals surface area contributed by atoms with Gasteiger partial charge in [0.25, 0.3) is 5.56 Å². The highest BCUT2D eigenvalue weighted by Gasteiger charge is 2.37. The minimum Gasteiger partial charge on any atom is -0.493 e. The lowest BCUT2D eigenvalue weighted by Crippen LogP contribution is -2.40. The minimum atomic E-state index is -0.872. The normalized spacial score (nSPS) is 14.6. The first-order chi connectivity index (χ1) is 20.9. The van der Waals surface area contributed by atoms with Crippen LogP contribution in [0.15, 0.2) is 88.2 Å². The molecule has 222 valence electrons. The van der Waals surface area contributed by atoms with Crippen molar-refractivity contribution in [1.82, 2.24) is 4.57 Å². The SMILES string of the molecule is CCOC(=O)C1=C(c2ccccc2)N=c2sc(=Cc3ccc(N(CC)CC)cc3)c(=O)n2C1c1cccc(OC)c1OC. The number of para-hydroxylation sites is 1. The molecule has 43 heavy (non-hydrogen) atoms. The van der Waals surface area contributed by atoms with Gasteiger partial charge in [-0.15, -0.1) is 0 Å². The van der Waals surface area contributed by atoms with Crippen LogP contribution in [0.4, 0.5) is 5.69 Å². The van der Waals surface area contributed by atoms with E-state index in [4.69, 9.17) is 19.2 Å². The topological polar surface area (TPSA) is 82.4 Å². The molecule has 0 saturated carbocycles. The first-order valence-corrected chi connectivity index (χ1v) is 15.1. The van der Waals surface area contributed by atoms with E-state index in [1.807, 2.05) is 60.7 Å². The zero-order valence-corrected chi connectivity index (χ0v) is 25.8. The molecule has 0 aliphatic carbocycles. The van der Waals surface area contributed by atoms with Gasteiger partial charge >= 0.3 is 5.97 Å². The van der Waals surface area contributed by atoms with Crippen molar-refractivity contribution in [3.8, 4) is 11.5 Å². The van der Waals surface area contributed by atoms with Gasteiger partial charge in [-0.2, -0.15) is 0 Å². The summed E-state index contributed by atoms with van der Waals surface area (Å²) in [7, 11) is 3.09. The van der Waals surface area contributed by atoms with Crippen LogP contribution in [0.5, 0.6) is 11.5 Å². The Morgan fingerprint density at radius 1 is 0.953 bits per heavy atom. The molecule has 1 aromatic heterocycles. The molecule has 0 N–H and O–H groups in total. The van der Waals surface area contributed by atoms with E-state index in [0.29, 0.717) is 32.1 Å². The maximum Gasteiger partial charge on any atom is 0.338 e. The Balaban J connectivity index is 1.79. The number of rotatable bonds is 10. The Labute approximate surface area is 254 Å². The van der Waals surface area contributed by atoms with Crippen molar-refractivity contribution in [3.63, 3.8) is 0 Å². The number of hydrogen-bond donors (Lipinski definition) is 0. The summed E-state index contributed by atoms with van der Waals surface area (Å²) in [6.07, 6.45) is 1.87. The maximum atomic E-state index is 14.2.